The Morgan fingerprint density at radius 3 is 2.35 bits per heavy atom. The van der Waals surface area contributed by atoms with Crippen LogP contribution in [0.5, 0.6) is 5.75 Å². The molecular formula is C26H44O4Sn. The zero-order valence-electron chi connectivity index (χ0n) is 20.5. The van der Waals surface area contributed by atoms with Crippen molar-refractivity contribution in [3.8, 4) is 5.75 Å². The van der Waals surface area contributed by atoms with Gasteiger partial charge in [0.2, 0.25) is 0 Å². The molecule has 5 heteroatoms. The van der Waals surface area contributed by atoms with Gasteiger partial charge in [-0.25, -0.2) is 0 Å². The van der Waals surface area contributed by atoms with E-state index >= 15 is 0 Å². The molecule has 0 heterocycles. The van der Waals surface area contributed by atoms with E-state index in [2.05, 4.69) is 41.3 Å². The zero-order valence-corrected chi connectivity index (χ0v) is 23.3. The molecule has 0 aliphatic carbocycles. The van der Waals surface area contributed by atoms with Crippen molar-refractivity contribution >= 4 is 18.4 Å². The molecule has 2 N–H and O–H groups in total. The van der Waals surface area contributed by atoms with Gasteiger partial charge in [0.1, 0.15) is 5.75 Å². The van der Waals surface area contributed by atoms with E-state index in [1.165, 1.54) is 9.16 Å². The summed E-state index contributed by atoms with van der Waals surface area (Å²) >= 11 is -2.26. The Hall–Kier alpha value is -0.821. The fourth-order valence-corrected chi connectivity index (χ4v) is 7.76. The SMILES string of the molecule is C=[C]([C@@H](CO)C[C@@H](O)C[C@H](C)CC/C=C(\C)COCc1ccc(OC)cc1)[Sn]([CH3])([CH3])[CH3]. The molecule has 0 spiro atoms. The summed E-state index contributed by atoms with van der Waals surface area (Å²) < 4.78 is 12.2. The van der Waals surface area contributed by atoms with Crippen LogP contribution in [-0.2, 0) is 11.3 Å². The van der Waals surface area contributed by atoms with Crippen molar-refractivity contribution in [3.05, 3.63) is 51.6 Å². The molecule has 0 saturated heterocycles. The number of benzene rings is 1. The molecular weight excluding hydrogens is 495 g/mol. The number of hydrogen-bond acceptors (Lipinski definition) is 4. The van der Waals surface area contributed by atoms with Gasteiger partial charge in [-0.05, 0) is 17.7 Å². The molecule has 1 aromatic carbocycles. The maximum atomic E-state index is 10.5. The first kappa shape index (κ1) is 28.2. The molecule has 1 aromatic rings. The van der Waals surface area contributed by atoms with E-state index in [1.54, 1.807) is 7.11 Å². The molecule has 0 unspecified atom stereocenters. The van der Waals surface area contributed by atoms with Crippen LogP contribution in [0.3, 0.4) is 0 Å². The van der Waals surface area contributed by atoms with Crippen molar-refractivity contribution in [3.63, 3.8) is 0 Å². The van der Waals surface area contributed by atoms with Gasteiger partial charge in [0.05, 0.1) is 13.7 Å². The average molecular weight is 539 g/mol. The third-order valence-electron chi connectivity index (χ3n) is 5.82. The topological polar surface area (TPSA) is 58.9 Å². The number of methoxy groups -OCH3 is 1. The van der Waals surface area contributed by atoms with Crippen molar-refractivity contribution in [1.29, 1.82) is 0 Å². The number of aliphatic hydroxyl groups is 2. The standard InChI is InChI=1S/C23H35O4.3CH3.Sn/c1-5-20(15-24)14-22(25)13-18(2)7-6-8-19(3)16-27-17-21-9-11-23(26-4)12-10-21;;;;/h8-12,18,20,22,24-25H,1,6-7,13-17H2,2-4H3;3*1H3;/b19-8+;;;;/t18-,20-,22+;;;;/m1..../s1. The first-order valence-electron chi connectivity index (χ1n) is 11.4. The molecule has 0 amide bonds. The molecule has 0 aliphatic heterocycles. The molecule has 0 aliphatic rings. The third kappa shape index (κ3) is 11.6. The van der Waals surface area contributed by atoms with Gasteiger partial charge in [0.25, 0.3) is 0 Å². The van der Waals surface area contributed by atoms with Gasteiger partial charge in [-0.3, -0.25) is 0 Å². The van der Waals surface area contributed by atoms with Gasteiger partial charge in [0.15, 0.2) is 0 Å². The molecule has 0 saturated carbocycles. The summed E-state index contributed by atoms with van der Waals surface area (Å²) in [6.45, 7) is 9.85. The number of allylic oxidation sites excluding steroid dienone is 1. The molecule has 1 rings (SSSR count). The number of rotatable bonds is 15. The summed E-state index contributed by atoms with van der Waals surface area (Å²) in [5.41, 5.74) is 2.37. The zero-order chi connectivity index (χ0) is 23.4. The van der Waals surface area contributed by atoms with Crippen molar-refractivity contribution in [2.45, 2.75) is 67.1 Å². The Balaban J connectivity index is 2.31. The van der Waals surface area contributed by atoms with Crippen molar-refractivity contribution < 1.29 is 19.7 Å². The van der Waals surface area contributed by atoms with E-state index in [0.717, 1.165) is 30.6 Å². The molecule has 0 fully saturated rings. The van der Waals surface area contributed by atoms with Gasteiger partial charge < -0.3 is 4.74 Å². The van der Waals surface area contributed by atoms with Gasteiger partial charge in [0, 0.05) is 0 Å². The minimum atomic E-state index is -2.26. The number of hydrogen-bond donors (Lipinski definition) is 2. The first-order valence-corrected chi connectivity index (χ1v) is 21.4. The van der Waals surface area contributed by atoms with Gasteiger partial charge in [-0.15, -0.1) is 0 Å². The van der Waals surface area contributed by atoms with E-state index in [0.29, 0.717) is 25.6 Å². The second kappa shape index (κ2) is 14.4. The van der Waals surface area contributed by atoms with Crippen LogP contribution in [-0.4, -0.2) is 55.0 Å². The molecule has 176 valence electrons. The third-order valence-corrected chi connectivity index (χ3v) is 12.5. The van der Waals surface area contributed by atoms with Crippen LogP contribution in [0.15, 0.2) is 46.1 Å². The van der Waals surface area contributed by atoms with Crippen LogP contribution in [0, 0.1) is 11.8 Å². The van der Waals surface area contributed by atoms with E-state index in [4.69, 9.17) is 9.47 Å². The van der Waals surface area contributed by atoms with Crippen LogP contribution >= 0.6 is 0 Å². The maximum absolute atomic E-state index is 10.5. The molecule has 0 bridgehead atoms. The van der Waals surface area contributed by atoms with Gasteiger partial charge in [-0.1, -0.05) is 12.1 Å². The second-order valence-corrected chi connectivity index (χ2v) is 24.5. The van der Waals surface area contributed by atoms with Gasteiger partial charge >= 0.3 is 141 Å². The average Bonchev–Trinajstić information content (AvgIpc) is 2.71. The van der Waals surface area contributed by atoms with Crippen LogP contribution in [0.2, 0.25) is 14.8 Å². The molecule has 4 nitrogen and oxygen atoms in total. The molecule has 0 radical (unpaired) electrons. The van der Waals surface area contributed by atoms with Crippen molar-refractivity contribution in [1.82, 2.24) is 0 Å². The van der Waals surface area contributed by atoms with Crippen molar-refractivity contribution in [2.75, 3.05) is 20.3 Å². The fraction of sp³-hybridized carbons (Fsp3) is 0.615. The van der Waals surface area contributed by atoms with Crippen LogP contribution < -0.4 is 4.74 Å². The Morgan fingerprint density at radius 2 is 1.81 bits per heavy atom. The van der Waals surface area contributed by atoms with Crippen LogP contribution in [0.1, 0.15) is 45.1 Å². The molecule has 3 atom stereocenters. The number of aliphatic hydroxyl groups excluding tert-OH is 2. The van der Waals surface area contributed by atoms with E-state index < -0.39 is 18.4 Å². The quantitative estimate of drug-likeness (QED) is 0.220. The van der Waals surface area contributed by atoms with Crippen molar-refractivity contribution in [2.24, 2.45) is 11.8 Å². The van der Waals surface area contributed by atoms with Crippen LogP contribution in [0.25, 0.3) is 0 Å². The predicted octanol–water partition coefficient (Wildman–Crippen LogP) is 5.76. The monoisotopic (exact) mass is 540 g/mol. The summed E-state index contributed by atoms with van der Waals surface area (Å²) in [6, 6.07) is 7.93. The normalized spacial score (nSPS) is 15.4. The summed E-state index contributed by atoms with van der Waals surface area (Å²) in [4.78, 5) is 6.93. The Bertz CT molecular complexity index is 676. The molecule has 31 heavy (non-hydrogen) atoms. The van der Waals surface area contributed by atoms with Gasteiger partial charge in [-0.2, -0.15) is 0 Å². The van der Waals surface area contributed by atoms with E-state index in [-0.39, 0.29) is 18.6 Å². The Morgan fingerprint density at radius 1 is 1.16 bits per heavy atom. The summed E-state index contributed by atoms with van der Waals surface area (Å²) in [5, 5.41) is 20.3. The van der Waals surface area contributed by atoms with Crippen LogP contribution in [0.4, 0.5) is 0 Å². The summed E-state index contributed by atoms with van der Waals surface area (Å²) in [7, 11) is 1.67. The van der Waals surface area contributed by atoms with E-state index in [1.807, 2.05) is 24.3 Å². The molecule has 0 aromatic heterocycles. The number of ether oxygens (including phenoxy) is 2. The summed E-state index contributed by atoms with van der Waals surface area (Å²) in [5.74, 6) is 1.33. The minimum absolute atomic E-state index is 0.0444. The summed E-state index contributed by atoms with van der Waals surface area (Å²) in [6.07, 6.45) is 5.28. The Kier molecular flexibility index (Phi) is 13.1. The first-order chi connectivity index (χ1) is 14.6. The second-order valence-electron chi connectivity index (χ2n) is 9.85. The Labute approximate surface area is 194 Å². The fourth-order valence-electron chi connectivity index (χ4n) is 3.67. The predicted molar refractivity (Wildman–Crippen MR) is 133 cm³/mol. The van der Waals surface area contributed by atoms with E-state index in [9.17, 15) is 10.2 Å².